The van der Waals surface area contributed by atoms with Crippen LogP contribution < -0.4 is 0 Å². The van der Waals surface area contributed by atoms with Crippen LogP contribution in [0, 0.1) is 0 Å². The van der Waals surface area contributed by atoms with E-state index in [1.54, 1.807) is 12.1 Å². The van der Waals surface area contributed by atoms with E-state index in [0.717, 1.165) is 24.0 Å². The van der Waals surface area contributed by atoms with E-state index >= 15 is 0 Å². The number of hydrogen-bond donors (Lipinski definition) is 2. The summed E-state index contributed by atoms with van der Waals surface area (Å²) in [5.41, 5.74) is 1.87. The van der Waals surface area contributed by atoms with Crippen LogP contribution in [0.15, 0.2) is 12.1 Å². The van der Waals surface area contributed by atoms with E-state index in [4.69, 9.17) is 0 Å². The Labute approximate surface area is 71.5 Å². The first-order valence-electron chi connectivity index (χ1n) is 4.24. The van der Waals surface area contributed by atoms with Gasteiger partial charge in [0, 0.05) is 11.1 Å². The summed E-state index contributed by atoms with van der Waals surface area (Å²) in [4.78, 5) is 0. The first-order chi connectivity index (χ1) is 5.70. The zero-order chi connectivity index (χ0) is 8.72. The zero-order valence-electron chi connectivity index (χ0n) is 7.04. The fourth-order valence-electron chi connectivity index (χ4n) is 1.96. The van der Waals surface area contributed by atoms with E-state index in [2.05, 4.69) is 6.92 Å². The van der Waals surface area contributed by atoms with E-state index in [0.29, 0.717) is 17.4 Å². The first-order valence-corrected chi connectivity index (χ1v) is 4.24. The smallest absolute Gasteiger partial charge is 0.119 e. The van der Waals surface area contributed by atoms with Crippen LogP contribution in [0.25, 0.3) is 0 Å². The van der Waals surface area contributed by atoms with Crippen molar-refractivity contribution in [1.29, 1.82) is 0 Å². The molecule has 0 saturated heterocycles. The highest BCUT2D eigenvalue weighted by Gasteiger charge is 2.24. The molecule has 1 aliphatic rings. The standard InChI is InChI=1S/C10H12O2/c1-6-2-3-7-8(11)4-5-9(12)10(6)7/h4-6,11-12H,2-3H2,1H3/t6-/m0/s1. The highest BCUT2D eigenvalue weighted by molar-refractivity contribution is 5.51. The van der Waals surface area contributed by atoms with Gasteiger partial charge in [0.15, 0.2) is 0 Å². The van der Waals surface area contributed by atoms with Crippen LogP contribution in [0.3, 0.4) is 0 Å². The van der Waals surface area contributed by atoms with Crippen LogP contribution in [0.2, 0.25) is 0 Å². The van der Waals surface area contributed by atoms with Gasteiger partial charge in [0.1, 0.15) is 11.5 Å². The number of fused-ring (bicyclic) bond motifs is 1. The number of phenols is 2. The SMILES string of the molecule is C[C@H]1CCc2c(O)ccc(O)c21. The van der Waals surface area contributed by atoms with Gasteiger partial charge < -0.3 is 10.2 Å². The van der Waals surface area contributed by atoms with Crippen LogP contribution >= 0.6 is 0 Å². The van der Waals surface area contributed by atoms with E-state index in [9.17, 15) is 10.2 Å². The van der Waals surface area contributed by atoms with E-state index in [-0.39, 0.29) is 0 Å². The molecular formula is C10H12O2. The molecular weight excluding hydrogens is 152 g/mol. The minimum atomic E-state index is 0.326. The normalized spacial score (nSPS) is 20.9. The summed E-state index contributed by atoms with van der Waals surface area (Å²) in [5.74, 6) is 1.03. The van der Waals surface area contributed by atoms with Crippen molar-refractivity contribution in [1.82, 2.24) is 0 Å². The summed E-state index contributed by atoms with van der Waals surface area (Å²) in [6, 6.07) is 3.13. The van der Waals surface area contributed by atoms with Crippen LogP contribution in [0.1, 0.15) is 30.4 Å². The molecule has 12 heavy (non-hydrogen) atoms. The second kappa shape index (κ2) is 2.41. The predicted octanol–water partition coefficient (Wildman–Crippen LogP) is 2.15. The van der Waals surface area contributed by atoms with Gasteiger partial charge in [0.05, 0.1) is 0 Å². The zero-order valence-corrected chi connectivity index (χ0v) is 7.04. The maximum absolute atomic E-state index is 9.52. The van der Waals surface area contributed by atoms with Crippen molar-refractivity contribution in [2.24, 2.45) is 0 Å². The van der Waals surface area contributed by atoms with Crippen LogP contribution in [0.5, 0.6) is 11.5 Å². The van der Waals surface area contributed by atoms with Crippen molar-refractivity contribution >= 4 is 0 Å². The number of aromatic hydroxyl groups is 2. The Morgan fingerprint density at radius 1 is 1.25 bits per heavy atom. The van der Waals surface area contributed by atoms with Crippen molar-refractivity contribution < 1.29 is 10.2 Å². The third-order valence-corrected chi connectivity index (χ3v) is 2.63. The summed E-state index contributed by atoms with van der Waals surface area (Å²) in [5, 5.41) is 19.0. The first kappa shape index (κ1) is 7.47. The van der Waals surface area contributed by atoms with Crippen molar-refractivity contribution in [3.05, 3.63) is 23.3 Å². The molecule has 0 spiro atoms. The molecule has 0 saturated carbocycles. The Bertz CT molecular complexity index is 318. The van der Waals surface area contributed by atoms with Gasteiger partial charge in [-0.1, -0.05) is 6.92 Å². The van der Waals surface area contributed by atoms with Crippen molar-refractivity contribution in [3.63, 3.8) is 0 Å². The summed E-state index contributed by atoms with van der Waals surface area (Å²) in [7, 11) is 0. The second-order valence-corrected chi connectivity index (χ2v) is 3.44. The van der Waals surface area contributed by atoms with Gasteiger partial charge in [-0.15, -0.1) is 0 Å². The topological polar surface area (TPSA) is 40.5 Å². The minimum absolute atomic E-state index is 0.326. The number of phenolic OH excluding ortho intramolecular Hbond substituents is 2. The summed E-state index contributed by atoms with van der Waals surface area (Å²) in [6.07, 6.45) is 1.91. The molecule has 0 amide bonds. The fourth-order valence-corrected chi connectivity index (χ4v) is 1.96. The Kier molecular flexibility index (Phi) is 1.50. The highest BCUT2D eigenvalue weighted by Crippen LogP contribution is 2.42. The molecule has 2 nitrogen and oxygen atoms in total. The fraction of sp³-hybridized carbons (Fsp3) is 0.400. The van der Waals surface area contributed by atoms with Gasteiger partial charge >= 0.3 is 0 Å². The summed E-state index contributed by atoms with van der Waals surface area (Å²) >= 11 is 0. The number of hydrogen-bond acceptors (Lipinski definition) is 2. The molecule has 1 atom stereocenters. The maximum atomic E-state index is 9.52. The summed E-state index contributed by atoms with van der Waals surface area (Å²) in [6.45, 7) is 2.07. The van der Waals surface area contributed by atoms with Crippen molar-refractivity contribution in [2.45, 2.75) is 25.7 Å². The van der Waals surface area contributed by atoms with E-state index in [1.165, 1.54) is 0 Å². The van der Waals surface area contributed by atoms with Crippen LogP contribution in [-0.2, 0) is 6.42 Å². The third kappa shape index (κ3) is 0.876. The van der Waals surface area contributed by atoms with Crippen LogP contribution in [-0.4, -0.2) is 10.2 Å². The molecule has 1 aliphatic carbocycles. The molecule has 64 valence electrons. The molecule has 0 fully saturated rings. The lowest BCUT2D eigenvalue weighted by molar-refractivity contribution is 0.451. The van der Waals surface area contributed by atoms with E-state index < -0.39 is 0 Å². The molecule has 0 aromatic heterocycles. The Morgan fingerprint density at radius 2 is 1.92 bits per heavy atom. The molecule has 1 aromatic carbocycles. The van der Waals surface area contributed by atoms with Crippen molar-refractivity contribution in [3.8, 4) is 11.5 Å². The summed E-state index contributed by atoms with van der Waals surface area (Å²) < 4.78 is 0. The van der Waals surface area contributed by atoms with Crippen molar-refractivity contribution in [2.75, 3.05) is 0 Å². The van der Waals surface area contributed by atoms with Gasteiger partial charge in [-0.2, -0.15) is 0 Å². The largest absolute Gasteiger partial charge is 0.508 e. The second-order valence-electron chi connectivity index (χ2n) is 3.44. The lowest BCUT2D eigenvalue weighted by atomic mass is 10.0. The van der Waals surface area contributed by atoms with Crippen LogP contribution in [0.4, 0.5) is 0 Å². The average Bonchev–Trinajstić information content (AvgIpc) is 2.42. The molecule has 0 aliphatic heterocycles. The molecule has 0 heterocycles. The molecule has 2 heteroatoms. The predicted molar refractivity (Wildman–Crippen MR) is 46.5 cm³/mol. The van der Waals surface area contributed by atoms with Gasteiger partial charge in [0.25, 0.3) is 0 Å². The quantitative estimate of drug-likeness (QED) is 0.577. The Morgan fingerprint density at radius 3 is 2.58 bits per heavy atom. The van der Waals surface area contributed by atoms with Gasteiger partial charge in [0.2, 0.25) is 0 Å². The minimum Gasteiger partial charge on any atom is -0.508 e. The third-order valence-electron chi connectivity index (χ3n) is 2.63. The van der Waals surface area contributed by atoms with E-state index in [1.807, 2.05) is 0 Å². The molecule has 0 bridgehead atoms. The van der Waals surface area contributed by atoms with Gasteiger partial charge in [-0.05, 0) is 30.9 Å². The average molecular weight is 164 g/mol. The number of rotatable bonds is 0. The Balaban J connectivity index is 2.64. The Hall–Kier alpha value is -1.18. The van der Waals surface area contributed by atoms with Gasteiger partial charge in [-0.3, -0.25) is 0 Å². The molecule has 2 N–H and O–H groups in total. The lowest BCUT2D eigenvalue weighted by Crippen LogP contribution is -1.87. The molecule has 0 unspecified atom stereocenters. The maximum Gasteiger partial charge on any atom is 0.119 e. The highest BCUT2D eigenvalue weighted by atomic mass is 16.3. The number of benzene rings is 1. The molecule has 0 radical (unpaired) electrons. The lowest BCUT2D eigenvalue weighted by Gasteiger charge is -2.07. The molecule has 2 rings (SSSR count). The monoisotopic (exact) mass is 164 g/mol. The molecule has 1 aromatic rings. The van der Waals surface area contributed by atoms with Gasteiger partial charge in [-0.25, -0.2) is 0 Å².